The first-order valence-corrected chi connectivity index (χ1v) is 7.81. The van der Waals surface area contributed by atoms with Crippen LogP contribution in [0.1, 0.15) is 19.8 Å². The number of para-hydroxylation sites is 2. The molecule has 21 heavy (non-hydrogen) atoms. The second-order valence-corrected chi connectivity index (χ2v) is 5.89. The van der Waals surface area contributed by atoms with Crippen LogP contribution < -0.4 is 10.6 Å². The van der Waals surface area contributed by atoms with Crippen molar-refractivity contribution in [2.75, 3.05) is 24.6 Å². The van der Waals surface area contributed by atoms with Crippen LogP contribution in [0.25, 0.3) is 11.0 Å². The first kappa shape index (κ1) is 14.4. The molecule has 2 aromatic rings. The molecule has 3 rings (SSSR count). The number of anilines is 1. The van der Waals surface area contributed by atoms with Crippen LogP contribution in [0.15, 0.2) is 24.3 Å². The van der Waals surface area contributed by atoms with Gasteiger partial charge in [-0.1, -0.05) is 25.5 Å². The lowest BCUT2D eigenvalue weighted by Gasteiger charge is -2.19. The van der Waals surface area contributed by atoms with Crippen LogP contribution in [0.4, 0.5) is 5.95 Å². The standard InChI is InChI=1S/C16H24N4O/c1-2-5-12-10-19(11-13(12)17)16-18-14-6-3-4-7-15(14)20(16)8-9-21/h3-4,6-7,12-13,21H,2,5,8-11,17H2,1H3/t12-,13-/m1/s1. The molecular weight excluding hydrogens is 264 g/mol. The van der Waals surface area contributed by atoms with E-state index in [1.165, 1.54) is 6.42 Å². The Morgan fingerprint density at radius 1 is 1.33 bits per heavy atom. The third-order valence-electron chi connectivity index (χ3n) is 4.39. The molecule has 0 spiro atoms. The Labute approximate surface area is 125 Å². The second kappa shape index (κ2) is 6.03. The number of fused-ring (bicyclic) bond motifs is 1. The number of imidazole rings is 1. The molecule has 1 saturated heterocycles. The lowest BCUT2D eigenvalue weighted by molar-refractivity contribution is 0.278. The number of nitrogens with two attached hydrogens (primary N) is 1. The van der Waals surface area contributed by atoms with Crippen molar-refractivity contribution in [2.24, 2.45) is 11.7 Å². The summed E-state index contributed by atoms with van der Waals surface area (Å²) in [5, 5.41) is 9.36. The molecule has 1 aliphatic heterocycles. The molecule has 5 nitrogen and oxygen atoms in total. The van der Waals surface area contributed by atoms with Crippen LogP contribution in [0, 0.1) is 5.92 Å². The zero-order valence-electron chi connectivity index (χ0n) is 12.6. The summed E-state index contributed by atoms with van der Waals surface area (Å²) in [7, 11) is 0. The molecule has 0 amide bonds. The largest absolute Gasteiger partial charge is 0.395 e. The summed E-state index contributed by atoms with van der Waals surface area (Å²) in [6.07, 6.45) is 2.33. The van der Waals surface area contributed by atoms with Gasteiger partial charge in [0.2, 0.25) is 5.95 Å². The predicted octanol–water partition coefficient (Wildman–Crippen LogP) is 1.59. The fourth-order valence-electron chi connectivity index (χ4n) is 3.36. The summed E-state index contributed by atoms with van der Waals surface area (Å²) in [4.78, 5) is 7.04. The van der Waals surface area contributed by atoms with E-state index >= 15 is 0 Å². The number of rotatable bonds is 5. The van der Waals surface area contributed by atoms with Gasteiger partial charge in [0.05, 0.1) is 17.6 Å². The minimum atomic E-state index is 0.117. The summed E-state index contributed by atoms with van der Waals surface area (Å²) < 4.78 is 2.11. The quantitative estimate of drug-likeness (QED) is 0.877. The molecule has 2 atom stereocenters. The van der Waals surface area contributed by atoms with E-state index < -0.39 is 0 Å². The molecule has 3 N–H and O–H groups in total. The summed E-state index contributed by atoms with van der Waals surface area (Å²) in [6, 6.07) is 8.30. The highest BCUT2D eigenvalue weighted by molar-refractivity contribution is 5.78. The van der Waals surface area contributed by atoms with Crippen molar-refractivity contribution in [3.8, 4) is 0 Å². The Kier molecular flexibility index (Phi) is 4.12. The molecule has 1 aliphatic rings. The third-order valence-corrected chi connectivity index (χ3v) is 4.39. The number of aliphatic hydroxyl groups excluding tert-OH is 1. The van der Waals surface area contributed by atoms with Gasteiger partial charge in [-0.2, -0.15) is 0 Å². The van der Waals surface area contributed by atoms with Crippen LogP contribution in [0.5, 0.6) is 0 Å². The number of aliphatic hydroxyl groups is 1. The average Bonchev–Trinajstić information content (AvgIpc) is 3.02. The Morgan fingerprint density at radius 2 is 2.14 bits per heavy atom. The van der Waals surface area contributed by atoms with Crippen LogP contribution >= 0.6 is 0 Å². The molecule has 2 heterocycles. The maximum Gasteiger partial charge on any atom is 0.206 e. The minimum absolute atomic E-state index is 0.117. The smallest absolute Gasteiger partial charge is 0.206 e. The molecule has 114 valence electrons. The minimum Gasteiger partial charge on any atom is -0.395 e. The van der Waals surface area contributed by atoms with E-state index in [2.05, 4.69) is 22.5 Å². The molecule has 0 aliphatic carbocycles. The van der Waals surface area contributed by atoms with Gasteiger partial charge in [-0.05, 0) is 24.5 Å². The zero-order valence-corrected chi connectivity index (χ0v) is 12.6. The molecule has 1 aromatic carbocycles. The molecule has 0 radical (unpaired) electrons. The predicted molar refractivity (Wildman–Crippen MR) is 85.4 cm³/mol. The maximum absolute atomic E-state index is 9.36. The number of aromatic nitrogens is 2. The Bertz CT molecular complexity index is 609. The van der Waals surface area contributed by atoms with Gasteiger partial charge in [0, 0.05) is 25.7 Å². The Balaban J connectivity index is 1.95. The summed E-state index contributed by atoms with van der Waals surface area (Å²) in [6.45, 7) is 4.70. The van der Waals surface area contributed by atoms with Crippen LogP contribution in [-0.4, -0.2) is 40.4 Å². The molecular formula is C16H24N4O. The maximum atomic E-state index is 9.36. The summed E-state index contributed by atoms with van der Waals surface area (Å²) >= 11 is 0. The third kappa shape index (κ3) is 2.63. The molecule has 1 fully saturated rings. The highest BCUT2D eigenvalue weighted by Crippen LogP contribution is 2.28. The number of hydrogen-bond acceptors (Lipinski definition) is 4. The van der Waals surface area contributed by atoms with Crippen LogP contribution in [-0.2, 0) is 6.54 Å². The molecule has 0 saturated carbocycles. The Hall–Kier alpha value is -1.59. The number of hydrogen-bond donors (Lipinski definition) is 2. The van der Waals surface area contributed by atoms with Crippen molar-refractivity contribution >= 4 is 17.0 Å². The summed E-state index contributed by atoms with van der Waals surface area (Å²) in [5.74, 6) is 1.48. The van der Waals surface area contributed by atoms with Crippen molar-refractivity contribution < 1.29 is 5.11 Å². The fraction of sp³-hybridized carbons (Fsp3) is 0.562. The molecule has 5 heteroatoms. The second-order valence-electron chi connectivity index (χ2n) is 5.89. The van der Waals surface area contributed by atoms with Gasteiger partial charge in [0.25, 0.3) is 0 Å². The SMILES string of the molecule is CCC[C@@H]1CN(c2nc3ccccc3n2CCO)C[C@H]1N. The van der Waals surface area contributed by atoms with Crippen LogP contribution in [0.3, 0.4) is 0 Å². The topological polar surface area (TPSA) is 67.3 Å². The lowest BCUT2D eigenvalue weighted by atomic mass is 9.99. The Morgan fingerprint density at radius 3 is 2.90 bits per heavy atom. The zero-order chi connectivity index (χ0) is 14.8. The first-order chi connectivity index (χ1) is 10.2. The lowest BCUT2D eigenvalue weighted by Crippen LogP contribution is -2.30. The van der Waals surface area contributed by atoms with Crippen molar-refractivity contribution in [1.29, 1.82) is 0 Å². The number of benzene rings is 1. The van der Waals surface area contributed by atoms with Gasteiger partial charge in [0.15, 0.2) is 0 Å². The van der Waals surface area contributed by atoms with Gasteiger partial charge in [-0.3, -0.25) is 0 Å². The van der Waals surface area contributed by atoms with Crippen molar-refractivity contribution in [3.63, 3.8) is 0 Å². The van der Waals surface area contributed by atoms with Gasteiger partial charge in [-0.25, -0.2) is 4.98 Å². The van der Waals surface area contributed by atoms with E-state index in [0.29, 0.717) is 12.5 Å². The van der Waals surface area contributed by atoms with Crippen LogP contribution in [0.2, 0.25) is 0 Å². The van der Waals surface area contributed by atoms with E-state index in [1.54, 1.807) is 0 Å². The van der Waals surface area contributed by atoms with Crippen molar-refractivity contribution in [2.45, 2.75) is 32.4 Å². The monoisotopic (exact) mass is 288 g/mol. The summed E-state index contributed by atoms with van der Waals surface area (Å²) in [5.41, 5.74) is 8.34. The van der Waals surface area contributed by atoms with Gasteiger partial charge >= 0.3 is 0 Å². The van der Waals surface area contributed by atoms with Gasteiger partial charge in [-0.15, -0.1) is 0 Å². The van der Waals surface area contributed by atoms with E-state index in [9.17, 15) is 5.11 Å². The van der Waals surface area contributed by atoms with E-state index in [-0.39, 0.29) is 12.6 Å². The highest BCUT2D eigenvalue weighted by atomic mass is 16.3. The fourth-order valence-corrected chi connectivity index (χ4v) is 3.36. The normalized spacial score (nSPS) is 22.3. The first-order valence-electron chi connectivity index (χ1n) is 7.81. The van der Waals surface area contributed by atoms with E-state index in [1.807, 2.05) is 18.2 Å². The van der Waals surface area contributed by atoms with Gasteiger partial charge in [0.1, 0.15) is 0 Å². The molecule has 0 unspecified atom stereocenters. The van der Waals surface area contributed by atoms with Gasteiger partial charge < -0.3 is 20.3 Å². The highest BCUT2D eigenvalue weighted by Gasteiger charge is 2.32. The number of nitrogens with zero attached hydrogens (tertiary/aromatic N) is 3. The van der Waals surface area contributed by atoms with Crippen molar-refractivity contribution in [3.05, 3.63) is 24.3 Å². The van der Waals surface area contributed by atoms with E-state index in [4.69, 9.17) is 10.7 Å². The molecule has 1 aromatic heterocycles. The van der Waals surface area contributed by atoms with Crippen molar-refractivity contribution in [1.82, 2.24) is 9.55 Å². The average molecular weight is 288 g/mol. The van der Waals surface area contributed by atoms with E-state index in [0.717, 1.165) is 36.5 Å². The molecule has 0 bridgehead atoms.